The number of hydrogen-bond donors (Lipinski definition) is 1. The number of halogens is 2. The lowest BCUT2D eigenvalue weighted by atomic mass is 10.3. The number of carbonyl (C=O) groups excluding carboxylic acids is 1. The van der Waals surface area contributed by atoms with Crippen LogP contribution in [0.25, 0.3) is 5.69 Å². The Hall–Kier alpha value is -2.70. The lowest BCUT2D eigenvalue weighted by Crippen LogP contribution is -2.36. The van der Waals surface area contributed by atoms with Crippen LogP contribution < -0.4 is 5.32 Å². The fourth-order valence-corrected chi connectivity index (χ4v) is 4.41. The van der Waals surface area contributed by atoms with Crippen LogP contribution >= 0.6 is 35.0 Å². The van der Waals surface area contributed by atoms with Gasteiger partial charge in [0, 0.05) is 35.9 Å². The van der Waals surface area contributed by atoms with Crippen molar-refractivity contribution in [2.24, 2.45) is 0 Å². The molecule has 0 bridgehead atoms. The summed E-state index contributed by atoms with van der Waals surface area (Å²) in [4.78, 5) is 25.3. The highest BCUT2D eigenvalue weighted by Gasteiger charge is 2.20. The van der Waals surface area contributed by atoms with Gasteiger partial charge in [0.25, 0.3) is 5.69 Å². The van der Waals surface area contributed by atoms with Gasteiger partial charge in [-0.3, -0.25) is 24.4 Å². The second-order valence-corrected chi connectivity index (χ2v) is 9.14. The first-order valence-corrected chi connectivity index (χ1v) is 12.0. The standard InChI is InChI=1S/C21H20Cl2N6O4S/c22-14-1-3-15(4-2-14)28-19(12-27-7-9-33-10-8-27)25-26-21(28)34-13-20(30)24-18-11-16(29(31)32)5-6-17(18)23/h1-6,11H,7-10,12-13H2,(H,24,30). The van der Waals surface area contributed by atoms with Crippen LogP contribution in [0.15, 0.2) is 47.6 Å². The van der Waals surface area contributed by atoms with Gasteiger partial charge < -0.3 is 10.1 Å². The van der Waals surface area contributed by atoms with Gasteiger partial charge in [0.05, 0.1) is 41.1 Å². The molecule has 2 heterocycles. The Bertz CT molecular complexity index is 1180. The fraction of sp³-hybridized carbons (Fsp3) is 0.286. The highest BCUT2D eigenvalue weighted by molar-refractivity contribution is 7.99. The molecule has 1 aliphatic rings. The fourth-order valence-electron chi connectivity index (χ4n) is 3.34. The number of nitro groups is 1. The largest absolute Gasteiger partial charge is 0.379 e. The van der Waals surface area contributed by atoms with E-state index in [4.69, 9.17) is 27.9 Å². The van der Waals surface area contributed by atoms with Crippen molar-refractivity contribution >= 4 is 52.2 Å². The van der Waals surface area contributed by atoms with Gasteiger partial charge in [-0.2, -0.15) is 0 Å². The minimum atomic E-state index is -0.550. The normalized spacial score (nSPS) is 14.2. The van der Waals surface area contributed by atoms with Gasteiger partial charge in [0.15, 0.2) is 11.0 Å². The molecule has 13 heteroatoms. The van der Waals surface area contributed by atoms with Gasteiger partial charge in [-0.15, -0.1) is 10.2 Å². The molecule has 0 spiro atoms. The van der Waals surface area contributed by atoms with Crippen molar-refractivity contribution in [2.75, 3.05) is 37.4 Å². The van der Waals surface area contributed by atoms with Gasteiger partial charge in [-0.1, -0.05) is 35.0 Å². The summed E-state index contributed by atoms with van der Waals surface area (Å²) in [6.07, 6.45) is 0. The van der Waals surface area contributed by atoms with Crippen LogP contribution in [0.2, 0.25) is 10.0 Å². The van der Waals surface area contributed by atoms with Crippen LogP contribution in [0.5, 0.6) is 0 Å². The molecule has 34 heavy (non-hydrogen) atoms. The van der Waals surface area contributed by atoms with E-state index >= 15 is 0 Å². The summed E-state index contributed by atoms with van der Waals surface area (Å²) in [7, 11) is 0. The summed E-state index contributed by atoms with van der Waals surface area (Å²) in [5, 5.41) is 23.6. The minimum Gasteiger partial charge on any atom is -0.379 e. The van der Waals surface area contributed by atoms with Crippen molar-refractivity contribution in [3.63, 3.8) is 0 Å². The molecule has 0 saturated carbocycles. The third kappa shape index (κ3) is 6.05. The Morgan fingerprint density at radius 2 is 1.88 bits per heavy atom. The number of aromatic nitrogens is 3. The van der Waals surface area contributed by atoms with E-state index < -0.39 is 4.92 Å². The van der Waals surface area contributed by atoms with Crippen LogP contribution in [0.4, 0.5) is 11.4 Å². The average molecular weight is 523 g/mol. The zero-order chi connectivity index (χ0) is 24.1. The number of anilines is 1. The molecule has 4 rings (SSSR count). The SMILES string of the molecule is O=C(CSc1nnc(CN2CCOCC2)n1-c1ccc(Cl)cc1)Nc1cc([N+](=O)[O-])ccc1Cl. The predicted molar refractivity (Wildman–Crippen MR) is 130 cm³/mol. The van der Waals surface area contributed by atoms with Crippen LogP contribution in [0.3, 0.4) is 0 Å². The topological polar surface area (TPSA) is 115 Å². The Morgan fingerprint density at radius 3 is 2.59 bits per heavy atom. The summed E-state index contributed by atoms with van der Waals surface area (Å²) < 4.78 is 7.31. The summed E-state index contributed by atoms with van der Waals surface area (Å²) in [6.45, 7) is 3.49. The Kier molecular flexibility index (Phi) is 8.01. The number of nitrogens with one attached hydrogen (secondary N) is 1. The number of non-ortho nitro benzene ring substituents is 1. The van der Waals surface area contributed by atoms with Gasteiger partial charge >= 0.3 is 0 Å². The van der Waals surface area contributed by atoms with Crippen molar-refractivity contribution < 1.29 is 14.5 Å². The van der Waals surface area contributed by atoms with Gasteiger partial charge in [0.1, 0.15) is 0 Å². The lowest BCUT2D eigenvalue weighted by molar-refractivity contribution is -0.384. The number of nitrogens with zero attached hydrogens (tertiary/aromatic N) is 5. The van der Waals surface area contributed by atoms with Crippen LogP contribution in [0, 0.1) is 10.1 Å². The van der Waals surface area contributed by atoms with Crippen molar-refractivity contribution in [1.82, 2.24) is 19.7 Å². The summed E-state index contributed by atoms with van der Waals surface area (Å²) in [5.74, 6) is 0.351. The zero-order valence-corrected chi connectivity index (χ0v) is 20.1. The Balaban J connectivity index is 1.51. The maximum atomic E-state index is 12.6. The average Bonchev–Trinajstić information content (AvgIpc) is 3.22. The number of hydrogen-bond acceptors (Lipinski definition) is 8. The molecule has 1 N–H and O–H groups in total. The molecule has 1 amide bonds. The number of morpholine rings is 1. The monoisotopic (exact) mass is 522 g/mol. The molecule has 0 aliphatic carbocycles. The third-order valence-electron chi connectivity index (χ3n) is 5.02. The van der Waals surface area contributed by atoms with Crippen molar-refractivity contribution in [2.45, 2.75) is 11.7 Å². The quantitative estimate of drug-likeness (QED) is 0.267. The number of thioether (sulfide) groups is 1. The second-order valence-electron chi connectivity index (χ2n) is 7.36. The second kappa shape index (κ2) is 11.2. The first-order chi connectivity index (χ1) is 16.4. The molecule has 1 saturated heterocycles. The summed E-state index contributed by atoms with van der Waals surface area (Å²) in [6, 6.07) is 11.2. The highest BCUT2D eigenvalue weighted by Crippen LogP contribution is 2.28. The van der Waals surface area contributed by atoms with Gasteiger partial charge in [-0.05, 0) is 30.3 Å². The molecule has 1 aliphatic heterocycles. The summed E-state index contributed by atoms with van der Waals surface area (Å²) in [5.41, 5.74) is 0.832. The molecular weight excluding hydrogens is 503 g/mol. The van der Waals surface area contributed by atoms with Gasteiger partial charge in [0.2, 0.25) is 5.91 Å². The van der Waals surface area contributed by atoms with E-state index in [0.717, 1.165) is 24.6 Å². The number of benzene rings is 2. The van der Waals surface area contributed by atoms with Crippen molar-refractivity contribution in [1.29, 1.82) is 0 Å². The van der Waals surface area contributed by atoms with Crippen molar-refractivity contribution in [3.8, 4) is 5.69 Å². The smallest absolute Gasteiger partial charge is 0.271 e. The molecule has 10 nitrogen and oxygen atoms in total. The van der Waals surface area contributed by atoms with Crippen LogP contribution in [0.1, 0.15) is 5.82 Å². The van der Waals surface area contributed by atoms with E-state index in [9.17, 15) is 14.9 Å². The Morgan fingerprint density at radius 1 is 1.15 bits per heavy atom. The molecule has 3 aromatic rings. The van der Waals surface area contributed by atoms with E-state index in [0.29, 0.717) is 29.9 Å². The van der Waals surface area contributed by atoms with E-state index in [1.165, 1.54) is 30.0 Å². The maximum absolute atomic E-state index is 12.6. The minimum absolute atomic E-state index is 0.00228. The maximum Gasteiger partial charge on any atom is 0.271 e. The molecule has 1 aromatic heterocycles. The first-order valence-electron chi connectivity index (χ1n) is 10.3. The lowest BCUT2D eigenvalue weighted by Gasteiger charge is -2.26. The van der Waals surface area contributed by atoms with Gasteiger partial charge in [-0.25, -0.2) is 0 Å². The first kappa shape index (κ1) is 24.4. The predicted octanol–water partition coefficient (Wildman–Crippen LogP) is 4.05. The number of ether oxygens (including phenoxy) is 1. The third-order valence-corrected chi connectivity index (χ3v) is 6.53. The number of carbonyl (C=O) groups is 1. The molecule has 0 unspecified atom stereocenters. The molecule has 1 fully saturated rings. The molecule has 2 aromatic carbocycles. The number of rotatable bonds is 8. The molecule has 0 atom stereocenters. The number of nitro benzene ring substituents is 1. The van der Waals surface area contributed by atoms with Crippen LogP contribution in [-0.4, -0.2) is 62.6 Å². The van der Waals surface area contributed by atoms with E-state index in [1.54, 1.807) is 12.1 Å². The molecule has 0 radical (unpaired) electrons. The molecular formula is C21H20Cl2N6O4S. The zero-order valence-electron chi connectivity index (χ0n) is 17.8. The van der Waals surface area contributed by atoms with Crippen LogP contribution in [-0.2, 0) is 16.1 Å². The van der Waals surface area contributed by atoms with Crippen molar-refractivity contribution in [3.05, 3.63) is 68.4 Å². The van der Waals surface area contributed by atoms with E-state index in [2.05, 4.69) is 20.4 Å². The van der Waals surface area contributed by atoms with E-state index in [-0.39, 0.29) is 28.1 Å². The summed E-state index contributed by atoms with van der Waals surface area (Å²) >= 11 is 13.3. The highest BCUT2D eigenvalue weighted by atomic mass is 35.5. The number of amides is 1. The molecule has 178 valence electrons. The van der Waals surface area contributed by atoms with E-state index in [1.807, 2.05) is 16.7 Å². The Labute approximate surface area is 209 Å².